The van der Waals surface area contributed by atoms with Crippen LogP contribution in [0.2, 0.25) is 0 Å². The third-order valence-electron chi connectivity index (χ3n) is 2.42. The van der Waals surface area contributed by atoms with Crippen LogP contribution in [0.5, 0.6) is 5.75 Å². The zero-order valence-corrected chi connectivity index (χ0v) is 12.4. The zero-order valence-electron chi connectivity index (χ0n) is 10.8. The Bertz CT molecular complexity index is 609. The van der Waals surface area contributed by atoms with Gasteiger partial charge in [0, 0.05) is 4.47 Å². The summed E-state index contributed by atoms with van der Waals surface area (Å²) in [5.74, 6) is 0.892. The number of furan rings is 1. The first-order valence-corrected chi connectivity index (χ1v) is 6.69. The minimum absolute atomic E-state index is 0.0992. The van der Waals surface area contributed by atoms with Crippen molar-refractivity contribution >= 4 is 28.1 Å². The van der Waals surface area contributed by atoms with Gasteiger partial charge in [-0.25, -0.2) is 5.43 Å². The Hall–Kier alpha value is -2.08. The first kappa shape index (κ1) is 14.3. The molecule has 0 spiro atoms. The fraction of sp³-hybridized carbons (Fsp3) is 0.143. The number of hydrogen-bond donors (Lipinski definition) is 1. The first-order valence-electron chi connectivity index (χ1n) is 5.89. The molecule has 2 aromatic rings. The zero-order chi connectivity index (χ0) is 14.4. The Morgan fingerprint density at radius 2 is 2.35 bits per heavy atom. The van der Waals surface area contributed by atoms with Gasteiger partial charge in [-0.3, -0.25) is 4.79 Å². The van der Waals surface area contributed by atoms with E-state index in [1.165, 1.54) is 12.5 Å². The molecule has 0 aliphatic rings. The van der Waals surface area contributed by atoms with Crippen LogP contribution in [-0.4, -0.2) is 18.7 Å². The second-order valence-corrected chi connectivity index (χ2v) is 4.92. The van der Waals surface area contributed by atoms with Gasteiger partial charge < -0.3 is 9.15 Å². The summed E-state index contributed by atoms with van der Waals surface area (Å²) >= 11 is 3.37. The van der Waals surface area contributed by atoms with Crippen molar-refractivity contribution < 1.29 is 13.9 Å². The number of carbonyl (C=O) groups is 1. The molecule has 1 heterocycles. The fourth-order valence-electron chi connectivity index (χ4n) is 1.48. The molecule has 0 aliphatic heterocycles. The lowest BCUT2D eigenvalue weighted by Gasteiger charge is -2.08. The van der Waals surface area contributed by atoms with Crippen molar-refractivity contribution in [3.05, 3.63) is 52.4 Å². The second-order valence-electron chi connectivity index (χ2n) is 4.01. The minimum atomic E-state index is -0.338. The van der Waals surface area contributed by atoms with Gasteiger partial charge in [0.2, 0.25) is 0 Å². The molecule has 20 heavy (non-hydrogen) atoms. The number of nitrogens with zero attached hydrogens (tertiary/aromatic N) is 1. The number of aryl methyl sites for hydroxylation is 1. The molecule has 0 aliphatic carbocycles. The number of carbonyl (C=O) groups excluding carboxylic acids is 1. The summed E-state index contributed by atoms with van der Waals surface area (Å²) in [6.07, 6.45) is 2.95. The van der Waals surface area contributed by atoms with Crippen molar-refractivity contribution in [3.63, 3.8) is 0 Å². The summed E-state index contributed by atoms with van der Waals surface area (Å²) in [5.41, 5.74) is 3.31. The Morgan fingerprint density at radius 3 is 3.05 bits per heavy atom. The maximum Gasteiger partial charge on any atom is 0.277 e. The van der Waals surface area contributed by atoms with Gasteiger partial charge in [-0.1, -0.05) is 15.9 Å². The molecule has 0 unspecified atom stereocenters. The molecule has 0 saturated heterocycles. The number of rotatable bonds is 5. The van der Waals surface area contributed by atoms with Crippen LogP contribution in [0.4, 0.5) is 0 Å². The van der Waals surface area contributed by atoms with Crippen LogP contribution in [0, 0.1) is 6.92 Å². The number of nitrogens with one attached hydrogen (secondary N) is 1. The second kappa shape index (κ2) is 6.91. The normalized spacial score (nSPS) is 10.7. The Labute approximate surface area is 124 Å². The van der Waals surface area contributed by atoms with Gasteiger partial charge >= 0.3 is 0 Å². The van der Waals surface area contributed by atoms with Crippen LogP contribution in [-0.2, 0) is 4.79 Å². The van der Waals surface area contributed by atoms with Crippen LogP contribution in [0.3, 0.4) is 0 Å². The summed E-state index contributed by atoms with van der Waals surface area (Å²) in [6, 6.07) is 9.05. The van der Waals surface area contributed by atoms with E-state index in [1.807, 2.05) is 19.1 Å². The van der Waals surface area contributed by atoms with Crippen molar-refractivity contribution in [2.24, 2.45) is 5.10 Å². The fourth-order valence-corrected chi connectivity index (χ4v) is 1.96. The van der Waals surface area contributed by atoms with E-state index in [-0.39, 0.29) is 12.5 Å². The first-order chi connectivity index (χ1) is 9.65. The topological polar surface area (TPSA) is 63.8 Å². The number of benzene rings is 1. The van der Waals surface area contributed by atoms with E-state index in [1.54, 1.807) is 18.2 Å². The highest BCUT2D eigenvalue weighted by Crippen LogP contribution is 2.21. The molecule has 104 valence electrons. The molecule has 6 heteroatoms. The van der Waals surface area contributed by atoms with Crippen molar-refractivity contribution in [1.82, 2.24) is 5.43 Å². The van der Waals surface area contributed by atoms with Gasteiger partial charge in [0.05, 0.1) is 12.5 Å². The summed E-state index contributed by atoms with van der Waals surface area (Å²) in [4.78, 5) is 11.5. The lowest BCUT2D eigenvalue weighted by molar-refractivity contribution is -0.123. The Balaban J connectivity index is 1.80. The van der Waals surface area contributed by atoms with E-state index in [0.29, 0.717) is 11.5 Å². The van der Waals surface area contributed by atoms with Crippen molar-refractivity contribution in [3.8, 4) is 5.75 Å². The molecule has 0 saturated carbocycles. The molecule has 1 aromatic carbocycles. The minimum Gasteiger partial charge on any atom is -0.483 e. The smallest absolute Gasteiger partial charge is 0.277 e. The van der Waals surface area contributed by atoms with Crippen LogP contribution in [0.1, 0.15) is 11.3 Å². The highest BCUT2D eigenvalue weighted by Gasteiger charge is 2.04. The molecule has 0 atom stereocenters. The number of halogens is 1. The molecule has 1 amide bonds. The lowest BCUT2D eigenvalue weighted by atomic mass is 10.2. The predicted octanol–water partition coefficient (Wildman–Crippen LogP) is 2.88. The van der Waals surface area contributed by atoms with Crippen LogP contribution >= 0.6 is 15.9 Å². The number of ether oxygens (including phenoxy) is 1. The third-order valence-corrected chi connectivity index (χ3v) is 2.91. The van der Waals surface area contributed by atoms with Gasteiger partial charge in [0.1, 0.15) is 11.5 Å². The van der Waals surface area contributed by atoms with E-state index < -0.39 is 0 Å². The lowest BCUT2D eigenvalue weighted by Crippen LogP contribution is -2.24. The molecular weight excluding hydrogens is 324 g/mol. The standard InChI is InChI=1S/C14H13BrN2O3/c1-10-7-11(15)4-5-13(10)20-9-14(18)17-16-8-12-3-2-6-19-12/h2-8H,9H2,1H3,(H,17,18)/b16-8+. The monoisotopic (exact) mass is 336 g/mol. The summed E-state index contributed by atoms with van der Waals surface area (Å²) < 4.78 is 11.4. The average molecular weight is 337 g/mol. The number of hydrazone groups is 1. The average Bonchev–Trinajstić information content (AvgIpc) is 2.91. The van der Waals surface area contributed by atoms with Crippen molar-refractivity contribution in [2.75, 3.05) is 6.61 Å². The van der Waals surface area contributed by atoms with Crippen molar-refractivity contribution in [2.45, 2.75) is 6.92 Å². The molecule has 0 bridgehead atoms. The van der Waals surface area contributed by atoms with Gasteiger partial charge in [-0.05, 0) is 42.8 Å². The largest absolute Gasteiger partial charge is 0.483 e. The van der Waals surface area contributed by atoms with Gasteiger partial charge in [-0.2, -0.15) is 5.10 Å². The van der Waals surface area contributed by atoms with Gasteiger partial charge in [0.15, 0.2) is 6.61 Å². The van der Waals surface area contributed by atoms with Crippen molar-refractivity contribution in [1.29, 1.82) is 0 Å². The highest BCUT2D eigenvalue weighted by molar-refractivity contribution is 9.10. The van der Waals surface area contributed by atoms with E-state index in [2.05, 4.69) is 26.5 Å². The van der Waals surface area contributed by atoms with Crippen LogP contribution in [0.25, 0.3) is 0 Å². The molecule has 5 nitrogen and oxygen atoms in total. The predicted molar refractivity (Wildman–Crippen MR) is 78.8 cm³/mol. The summed E-state index contributed by atoms with van der Waals surface area (Å²) in [5, 5.41) is 3.76. The van der Waals surface area contributed by atoms with E-state index in [0.717, 1.165) is 10.0 Å². The molecule has 0 radical (unpaired) electrons. The molecule has 1 N–H and O–H groups in total. The maximum absolute atomic E-state index is 11.5. The van der Waals surface area contributed by atoms with E-state index >= 15 is 0 Å². The number of hydrogen-bond acceptors (Lipinski definition) is 4. The molecule has 0 fully saturated rings. The van der Waals surface area contributed by atoms with Gasteiger partial charge in [-0.15, -0.1) is 0 Å². The van der Waals surface area contributed by atoms with Crippen LogP contribution < -0.4 is 10.2 Å². The van der Waals surface area contributed by atoms with Crippen LogP contribution in [0.15, 0.2) is 50.6 Å². The maximum atomic E-state index is 11.5. The highest BCUT2D eigenvalue weighted by atomic mass is 79.9. The Morgan fingerprint density at radius 1 is 1.50 bits per heavy atom. The third kappa shape index (κ3) is 4.24. The van der Waals surface area contributed by atoms with E-state index in [9.17, 15) is 4.79 Å². The van der Waals surface area contributed by atoms with E-state index in [4.69, 9.17) is 9.15 Å². The summed E-state index contributed by atoms with van der Waals surface area (Å²) in [7, 11) is 0. The molecular formula is C14H13BrN2O3. The Kier molecular flexibility index (Phi) is 4.95. The van der Waals surface area contributed by atoms with Gasteiger partial charge in [0.25, 0.3) is 5.91 Å². The SMILES string of the molecule is Cc1cc(Br)ccc1OCC(=O)N/N=C/c1ccco1. The quantitative estimate of drug-likeness (QED) is 0.674. The number of amides is 1. The molecule has 1 aromatic heterocycles. The molecule has 2 rings (SSSR count). The summed E-state index contributed by atoms with van der Waals surface area (Å²) in [6.45, 7) is 1.81.